The molecule has 0 spiro atoms. The molecule has 1 aromatic carbocycles. The van der Waals surface area contributed by atoms with E-state index < -0.39 is 0 Å². The molecule has 2 nitrogen and oxygen atoms in total. The summed E-state index contributed by atoms with van der Waals surface area (Å²) in [6.07, 6.45) is 3.18. The average Bonchev–Trinajstić information content (AvgIpc) is 2.42. The Hall–Kier alpha value is -1.15. The van der Waals surface area contributed by atoms with E-state index in [-0.39, 0.29) is 0 Å². The number of Topliss-reactive ketones (excluding diaryl/α,β-unsaturated/α-hetero) is 1. The Morgan fingerprint density at radius 3 is 2.79 bits per heavy atom. The van der Waals surface area contributed by atoms with Gasteiger partial charge >= 0.3 is 0 Å². The van der Waals surface area contributed by atoms with E-state index in [1.165, 1.54) is 24.0 Å². The fraction of sp³-hybridized carbons (Fsp3) is 0.588. The maximum absolute atomic E-state index is 12.3. The van der Waals surface area contributed by atoms with Crippen LogP contribution in [-0.4, -0.2) is 18.9 Å². The van der Waals surface area contributed by atoms with Gasteiger partial charge in [-0.1, -0.05) is 19.1 Å². The molecule has 0 radical (unpaired) electrons. The van der Waals surface area contributed by atoms with Crippen LogP contribution < -0.4 is 5.32 Å². The summed E-state index contributed by atoms with van der Waals surface area (Å²) in [5.74, 6) is 1.42. The van der Waals surface area contributed by atoms with Gasteiger partial charge in [-0.2, -0.15) is 0 Å². The minimum Gasteiger partial charge on any atom is -0.316 e. The van der Waals surface area contributed by atoms with Crippen molar-refractivity contribution in [3.63, 3.8) is 0 Å². The lowest BCUT2D eigenvalue weighted by atomic mass is 9.83. The number of nitrogens with one attached hydrogen (secondary N) is 1. The fourth-order valence-corrected chi connectivity index (χ4v) is 2.86. The molecule has 1 saturated heterocycles. The van der Waals surface area contributed by atoms with Gasteiger partial charge in [0.2, 0.25) is 0 Å². The van der Waals surface area contributed by atoms with Gasteiger partial charge in [0.15, 0.2) is 5.78 Å². The number of hydrogen-bond donors (Lipinski definition) is 1. The Labute approximate surface area is 116 Å². The maximum atomic E-state index is 12.3. The van der Waals surface area contributed by atoms with Crippen LogP contribution in [0.25, 0.3) is 0 Å². The number of carbonyl (C=O) groups excluding carboxylic acids is 1. The van der Waals surface area contributed by atoms with E-state index in [0.29, 0.717) is 24.0 Å². The van der Waals surface area contributed by atoms with E-state index in [0.717, 1.165) is 18.7 Å². The zero-order valence-electron chi connectivity index (χ0n) is 12.3. The van der Waals surface area contributed by atoms with E-state index in [1.807, 2.05) is 12.1 Å². The first-order valence-corrected chi connectivity index (χ1v) is 7.39. The highest BCUT2D eigenvalue weighted by molar-refractivity contribution is 5.96. The van der Waals surface area contributed by atoms with Gasteiger partial charge in [0.05, 0.1) is 0 Å². The van der Waals surface area contributed by atoms with Gasteiger partial charge in [0.25, 0.3) is 0 Å². The first-order chi connectivity index (χ1) is 9.08. The van der Waals surface area contributed by atoms with Crippen molar-refractivity contribution in [1.29, 1.82) is 0 Å². The first-order valence-electron chi connectivity index (χ1n) is 7.39. The summed E-state index contributed by atoms with van der Waals surface area (Å²) in [5.41, 5.74) is 3.33. The second kappa shape index (κ2) is 6.33. The zero-order valence-corrected chi connectivity index (χ0v) is 12.3. The highest BCUT2D eigenvalue weighted by Crippen LogP contribution is 2.24. The molecule has 1 fully saturated rings. The number of hydrogen-bond acceptors (Lipinski definition) is 2. The van der Waals surface area contributed by atoms with Gasteiger partial charge in [-0.25, -0.2) is 0 Å². The van der Waals surface area contributed by atoms with Gasteiger partial charge in [0.1, 0.15) is 0 Å². The SMILES string of the molecule is Cc1ccc(C(=O)CC(C)C2CCCNC2)cc1C. The Morgan fingerprint density at radius 1 is 1.37 bits per heavy atom. The third-order valence-corrected chi connectivity index (χ3v) is 4.48. The van der Waals surface area contributed by atoms with Crippen LogP contribution in [0.2, 0.25) is 0 Å². The Bertz CT molecular complexity index is 447. The van der Waals surface area contributed by atoms with Crippen molar-refractivity contribution in [3.8, 4) is 0 Å². The van der Waals surface area contributed by atoms with Crippen LogP contribution >= 0.6 is 0 Å². The first kappa shape index (κ1) is 14.3. The predicted molar refractivity (Wildman–Crippen MR) is 79.6 cm³/mol. The zero-order chi connectivity index (χ0) is 13.8. The van der Waals surface area contributed by atoms with Crippen LogP contribution in [0.3, 0.4) is 0 Å². The molecule has 0 aliphatic carbocycles. The smallest absolute Gasteiger partial charge is 0.163 e. The Kier molecular flexibility index (Phi) is 4.76. The standard InChI is InChI=1S/C17H25NO/c1-12-6-7-15(9-13(12)2)17(19)10-14(3)16-5-4-8-18-11-16/h6-7,9,14,16,18H,4-5,8,10-11H2,1-3H3. The van der Waals surface area contributed by atoms with E-state index >= 15 is 0 Å². The van der Waals surface area contributed by atoms with Crippen LogP contribution in [0.5, 0.6) is 0 Å². The normalized spacial score (nSPS) is 21.1. The molecule has 2 unspecified atom stereocenters. The molecule has 1 aromatic rings. The number of benzene rings is 1. The highest BCUT2D eigenvalue weighted by Gasteiger charge is 2.22. The van der Waals surface area contributed by atoms with Crippen LogP contribution in [0.1, 0.15) is 47.7 Å². The summed E-state index contributed by atoms with van der Waals surface area (Å²) >= 11 is 0. The lowest BCUT2D eigenvalue weighted by Crippen LogP contribution is -2.34. The molecule has 1 N–H and O–H groups in total. The number of carbonyl (C=O) groups is 1. The summed E-state index contributed by atoms with van der Waals surface area (Å²) < 4.78 is 0. The van der Waals surface area contributed by atoms with Crippen molar-refractivity contribution in [2.45, 2.75) is 40.0 Å². The minimum atomic E-state index is 0.293. The van der Waals surface area contributed by atoms with Gasteiger partial charge < -0.3 is 5.32 Å². The molecule has 1 aliphatic heterocycles. The summed E-state index contributed by atoms with van der Waals surface area (Å²) in [7, 11) is 0. The molecule has 0 amide bonds. The molecule has 2 rings (SSSR count). The largest absolute Gasteiger partial charge is 0.316 e. The van der Waals surface area contributed by atoms with Gasteiger partial charge in [0, 0.05) is 12.0 Å². The second-order valence-electron chi connectivity index (χ2n) is 6.01. The lowest BCUT2D eigenvalue weighted by Gasteiger charge is -2.28. The summed E-state index contributed by atoms with van der Waals surface area (Å²) in [6, 6.07) is 6.05. The van der Waals surface area contributed by atoms with E-state index in [2.05, 4.69) is 32.2 Å². The van der Waals surface area contributed by atoms with Gasteiger partial charge in [-0.15, -0.1) is 0 Å². The van der Waals surface area contributed by atoms with E-state index in [4.69, 9.17) is 0 Å². The summed E-state index contributed by atoms with van der Waals surface area (Å²) in [4.78, 5) is 12.3. The average molecular weight is 259 g/mol. The molecule has 19 heavy (non-hydrogen) atoms. The summed E-state index contributed by atoms with van der Waals surface area (Å²) in [5, 5.41) is 3.43. The quantitative estimate of drug-likeness (QED) is 0.838. The van der Waals surface area contributed by atoms with Crippen molar-refractivity contribution in [1.82, 2.24) is 5.32 Å². The molecule has 2 heteroatoms. The number of piperidine rings is 1. The molecular weight excluding hydrogens is 234 g/mol. The third kappa shape index (κ3) is 3.66. The molecule has 0 saturated carbocycles. The monoisotopic (exact) mass is 259 g/mol. The van der Waals surface area contributed by atoms with Crippen molar-refractivity contribution >= 4 is 5.78 Å². The summed E-state index contributed by atoms with van der Waals surface area (Å²) in [6.45, 7) is 8.58. The molecular formula is C17H25NO. The van der Waals surface area contributed by atoms with Crippen LogP contribution in [0.15, 0.2) is 18.2 Å². The molecule has 0 bridgehead atoms. The van der Waals surface area contributed by atoms with Gasteiger partial charge in [-0.3, -0.25) is 4.79 Å². The minimum absolute atomic E-state index is 0.293. The van der Waals surface area contributed by atoms with E-state index in [1.54, 1.807) is 0 Å². The highest BCUT2D eigenvalue weighted by atomic mass is 16.1. The second-order valence-corrected chi connectivity index (χ2v) is 6.01. The number of aryl methyl sites for hydroxylation is 2. The molecule has 2 atom stereocenters. The maximum Gasteiger partial charge on any atom is 0.163 e. The van der Waals surface area contributed by atoms with Crippen molar-refractivity contribution in [3.05, 3.63) is 34.9 Å². The van der Waals surface area contributed by atoms with Gasteiger partial charge in [-0.05, 0) is 68.8 Å². The topological polar surface area (TPSA) is 29.1 Å². The van der Waals surface area contributed by atoms with Crippen molar-refractivity contribution < 1.29 is 4.79 Å². The molecule has 0 aromatic heterocycles. The van der Waals surface area contributed by atoms with Crippen molar-refractivity contribution in [2.24, 2.45) is 11.8 Å². The van der Waals surface area contributed by atoms with Crippen LogP contribution in [0.4, 0.5) is 0 Å². The third-order valence-electron chi connectivity index (χ3n) is 4.48. The molecule has 1 heterocycles. The van der Waals surface area contributed by atoms with Crippen LogP contribution in [0, 0.1) is 25.7 Å². The molecule has 104 valence electrons. The molecule has 1 aliphatic rings. The lowest BCUT2D eigenvalue weighted by molar-refractivity contribution is 0.0943. The number of rotatable bonds is 4. The Morgan fingerprint density at radius 2 is 2.16 bits per heavy atom. The van der Waals surface area contributed by atoms with Crippen molar-refractivity contribution in [2.75, 3.05) is 13.1 Å². The number of ketones is 1. The Balaban J connectivity index is 1.97. The predicted octanol–water partition coefficient (Wildman–Crippen LogP) is 3.51. The fourth-order valence-electron chi connectivity index (χ4n) is 2.86. The van der Waals surface area contributed by atoms with E-state index in [9.17, 15) is 4.79 Å². The van der Waals surface area contributed by atoms with Crippen LogP contribution in [-0.2, 0) is 0 Å².